The van der Waals surface area contributed by atoms with Crippen LogP contribution in [0, 0.1) is 11.3 Å². The van der Waals surface area contributed by atoms with E-state index < -0.39 is 17.6 Å². The fraction of sp³-hybridized carbons (Fsp3) is 0.238. The lowest BCUT2D eigenvalue weighted by Crippen LogP contribution is -2.44. The van der Waals surface area contributed by atoms with Crippen molar-refractivity contribution in [2.45, 2.75) is 6.18 Å². The Morgan fingerprint density at radius 3 is 2.43 bits per heavy atom. The average molecular weight is 435 g/mol. The van der Waals surface area contributed by atoms with Crippen LogP contribution < -0.4 is 10.2 Å². The summed E-state index contributed by atoms with van der Waals surface area (Å²) < 4.78 is 39.3. The average Bonchev–Trinajstić information content (AvgIpc) is 2.72. The van der Waals surface area contributed by atoms with Crippen molar-refractivity contribution in [1.29, 1.82) is 5.26 Å². The molecule has 1 amide bonds. The lowest BCUT2D eigenvalue weighted by Gasteiger charge is -2.35. The summed E-state index contributed by atoms with van der Waals surface area (Å²) in [6.45, 7) is 2.39. The third-order valence-electron chi connectivity index (χ3n) is 4.65. The Morgan fingerprint density at radius 1 is 1.10 bits per heavy atom. The normalized spacial score (nSPS) is 15.0. The van der Waals surface area contributed by atoms with Crippen LogP contribution >= 0.6 is 11.6 Å². The number of anilines is 2. The van der Waals surface area contributed by atoms with Gasteiger partial charge in [0.05, 0.1) is 11.3 Å². The van der Waals surface area contributed by atoms with Crippen LogP contribution in [0.1, 0.15) is 5.56 Å². The topological polar surface area (TPSA) is 59.4 Å². The molecule has 156 valence electrons. The molecular formula is C21H18ClF3N4O. The Labute approximate surface area is 177 Å². The summed E-state index contributed by atoms with van der Waals surface area (Å²) in [6.07, 6.45) is -3.22. The molecular weight excluding hydrogens is 417 g/mol. The largest absolute Gasteiger partial charge is 0.418 e. The molecule has 0 saturated carbocycles. The van der Waals surface area contributed by atoms with Crippen molar-refractivity contribution >= 4 is 28.9 Å². The third kappa shape index (κ3) is 5.24. The molecule has 1 aliphatic rings. The molecule has 0 bridgehead atoms. The zero-order chi connectivity index (χ0) is 21.7. The van der Waals surface area contributed by atoms with Crippen molar-refractivity contribution in [2.75, 3.05) is 36.4 Å². The number of carbonyl (C=O) groups excluding carboxylic acids is 1. The minimum Gasteiger partial charge on any atom is -0.373 e. The van der Waals surface area contributed by atoms with Gasteiger partial charge in [0, 0.05) is 43.1 Å². The Balaban J connectivity index is 1.67. The summed E-state index contributed by atoms with van der Waals surface area (Å²) in [5.74, 6) is -0.883. The van der Waals surface area contributed by atoms with E-state index in [0.29, 0.717) is 31.2 Å². The van der Waals surface area contributed by atoms with Gasteiger partial charge in [0.15, 0.2) is 0 Å². The summed E-state index contributed by atoms with van der Waals surface area (Å²) in [5.41, 5.74) is -0.635. The standard InChI is InChI=1S/C21H18ClF3N4O/c22-16-4-3-5-17(12-16)29-10-8-28(9-11-29)14-15(13-26)20(30)27-19-7-2-1-6-18(19)21(23,24)25/h1-7,12,14H,8-11H2,(H,27,30)/b15-14-. The first-order valence-corrected chi connectivity index (χ1v) is 9.50. The monoisotopic (exact) mass is 434 g/mol. The van der Waals surface area contributed by atoms with E-state index in [1.165, 1.54) is 18.3 Å². The van der Waals surface area contributed by atoms with Crippen LogP contribution in [-0.4, -0.2) is 37.0 Å². The first kappa shape index (κ1) is 21.5. The van der Waals surface area contributed by atoms with E-state index in [1.807, 2.05) is 18.2 Å². The van der Waals surface area contributed by atoms with Gasteiger partial charge in [0.2, 0.25) is 0 Å². The van der Waals surface area contributed by atoms with Crippen LogP contribution in [0.2, 0.25) is 5.02 Å². The number of alkyl halides is 3. The van der Waals surface area contributed by atoms with Crippen molar-refractivity contribution in [3.05, 3.63) is 70.9 Å². The molecule has 0 aromatic heterocycles. The number of nitriles is 1. The zero-order valence-corrected chi connectivity index (χ0v) is 16.5. The maximum absolute atomic E-state index is 13.1. The molecule has 0 radical (unpaired) electrons. The van der Waals surface area contributed by atoms with E-state index in [9.17, 15) is 23.2 Å². The quantitative estimate of drug-likeness (QED) is 0.567. The van der Waals surface area contributed by atoms with E-state index in [4.69, 9.17) is 11.6 Å². The number of rotatable bonds is 4. The Morgan fingerprint density at radius 2 is 1.80 bits per heavy atom. The van der Waals surface area contributed by atoms with Crippen LogP contribution in [0.15, 0.2) is 60.3 Å². The van der Waals surface area contributed by atoms with Gasteiger partial charge in [0.25, 0.3) is 5.91 Å². The van der Waals surface area contributed by atoms with Gasteiger partial charge >= 0.3 is 6.18 Å². The van der Waals surface area contributed by atoms with E-state index in [0.717, 1.165) is 17.8 Å². The highest BCUT2D eigenvalue weighted by Gasteiger charge is 2.33. The first-order chi connectivity index (χ1) is 14.3. The van der Waals surface area contributed by atoms with Crippen molar-refractivity contribution in [1.82, 2.24) is 4.90 Å². The number of piperazine rings is 1. The molecule has 0 unspecified atom stereocenters. The number of nitrogens with one attached hydrogen (secondary N) is 1. The second-order valence-corrected chi connectivity index (χ2v) is 7.09. The number of carbonyl (C=O) groups is 1. The Kier molecular flexibility index (Phi) is 6.53. The molecule has 1 saturated heterocycles. The molecule has 1 fully saturated rings. The summed E-state index contributed by atoms with van der Waals surface area (Å²) in [6, 6.07) is 13.9. The molecule has 2 aromatic carbocycles. The smallest absolute Gasteiger partial charge is 0.373 e. The number of benzene rings is 2. The lowest BCUT2D eigenvalue weighted by molar-refractivity contribution is -0.137. The molecule has 3 rings (SSSR count). The summed E-state index contributed by atoms with van der Waals surface area (Å²) >= 11 is 6.02. The van der Waals surface area contributed by atoms with Gasteiger partial charge in [0.1, 0.15) is 11.6 Å². The van der Waals surface area contributed by atoms with Gasteiger partial charge in [-0.2, -0.15) is 18.4 Å². The zero-order valence-electron chi connectivity index (χ0n) is 15.8. The predicted octanol–water partition coefficient (Wildman–Crippen LogP) is 4.53. The van der Waals surface area contributed by atoms with Crippen LogP contribution in [-0.2, 0) is 11.0 Å². The van der Waals surface area contributed by atoms with E-state index in [1.54, 1.807) is 17.0 Å². The molecule has 1 aliphatic heterocycles. The molecule has 0 atom stereocenters. The minimum absolute atomic E-state index is 0.261. The maximum Gasteiger partial charge on any atom is 0.418 e. The second-order valence-electron chi connectivity index (χ2n) is 6.65. The molecule has 2 aromatic rings. The van der Waals surface area contributed by atoms with Crippen LogP contribution in [0.4, 0.5) is 24.5 Å². The highest BCUT2D eigenvalue weighted by molar-refractivity contribution is 6.30. The Bertz CT molecular complexity index is 992. The molecule has 0 aliphatic carbocycles. The third-order valence-corrected chi connectivity index (χ3v) is 4.88. The molecule has 30 heavy (non-hydrogen) atoms. The van der Waals surface area contributed by atoms with Gasteiger partial charge in [-0.25, -0.2) is 0 Å². The van der Waals surface area contributed by atoms with Crippen molar-refractivity contribution in [3.63, 3.8) is 0 Å². The van der Waals surface area contributed by atoms with E-state index in [2.05, 4.69) is 10.2 Å². The van der Waals surface area contributed by atoms with Gasteiger partial charge in [-0.05, 0) is 30.3 Å². The fourth-order valence-electron chi connectivity index (χ4n) is 3.13. The summed E-state index contributed by atoms with van der Waals surface area (Å²) in [7, 11) is 0. The molecule has 1 N–H and O–H groups in total. The molecule has 5 nitrogen and oxygen atoms in total. The SMILES string of the molecule is N#C/C(=C/N1CCN(c2cccc(Cl)c2)CC1)C(=O)Nc1ccccc1C(F)(F)F. The van der Waals surface area contributed by atoms with Crippen LogP contribution in [0.5, 0.6) is 0 Å². The Hall–Kier alpha value is -3.18. The van der Waals surface area contributed by atoms with Crippen LogP contribution in [0.3, 0.4) is 0 Å². The first-order valence-electron chi connectivity index (χ1n) is 9.12. The van der Waals surface area contributed by atoms with Gasteiger partial charge in [-0.1, -0.05) is 29.8 Å². The number of hydrogen-bond donors (Lipinski definition) is 1. The van der Waals surface area contributed by atoms with Gasteiger partial charge in [-0.15, -0.1) is 0 Å². The second kappa shape index (κ2) is 9.09. The number of hydrogen-bond acceptors (Lipinski definition) is 4. The number of para-hydroxylation sites is 1. The van der Waals surface area contributed by atoms with E-state index in [-0.39, 0.29) is 11.3 Å². The number of amides is 1. The highest BCUT2D eigenvalue weighted by Crippen LogP contribution is 2.34. The minimum atomic E-state index is -4.61. The van der Waals surface area contributed by atoms with Crippen molar-refractivity contribution in [3.8, 4) is 6.07 Å². The van der Waals surface area contributed by atoms with Crippen molar-refractivity contribution < 1.29 is 18.0 Å². The lowest BCUT2D eigenvalue weighted by atomic mass is 10.1. The highest BCUT2D eigenvalue weighted by atomic mass is 35.5. The van der Waals surface area contributed by atoms with E-state index >= 15 is 0 Å². The number of nitrogens with zero attached hydrogens (tertiary/aromatic N) is 3. The van der Waals surface area contributed by atoms with Gasteiger partial charge < -0.3 is 15.1 Å². The molecule has 0 spiro atoms. The number of halogens is 4. The van der Waals surface area contributed by atoms with Gasteiger partial charge in [-0.3, -0.25) is 4.79 Å². The fourth-order valence-corrected chi connectivity index (χ4v) is 3.32. The maximum atomic E-state index is 13.1. The predicted molar refractivity (Wildman–Crippen MR) is 109 cm³/mol. The summed E-state index contributed by atoms with van der Waals surface area (Å²) in [5, 5.41) is 12.2. The molecule has 9 heteroatoms. The van der Waals surface area contributed by atoms with Crippen LogP contribution in [0.25, 0.3) is 0 Å². The van der Waals surface area contributed by atoms with Crippen molar-refractivity contribution in [2.24, 2.45) is 0 Å². The molecule has 1 heterocycles. The summed E-state index contributed by atoms with van der Waals surface area (Å²) in [4.78, 5) is 16.3.